The molecule has 2 aliphatic rings. The van der Waals surface area contributed by atoms with Gasteiger partial charge < -0.3 is 14.6 Å². The summed E-state index contributed by atoms with van der Waals surface area (Å²) in [7, 11) is 0. The van der Waals surface area contributed by atoms with Gasteiger partial charge in [-0.25, -0.2) is 4.98 Å². The van der Waals surface area contributed by atoms with Crippen LogP contribution >= 0.6 is 0 Å². The molecule has 7 nitrogen and oxygen atoms in total. The van der Waals surface area contributed by atoms with E-state index in [4.69, 9.17) is 4.52 Å². The van der Waals surface area contributed by atoms with E-state index in [0.29, 0.717) is 25.4 Å². The van der Waals surface area contributed by atoms with Crippen LogP contribution in [0.3, 0.4) is 0 Å². The first-order valence-corrected chi connectivity index (χ1v) is 7.14. The van der Waals surface area contributed by atoms with Crippen LogP contribution in [-0.4, -0.2) is 37.1 Å². The molecular formula is C14H16N4O3. The quantitative estimate of drug-likeness (QED) is 0.880. The van der Waals surface area contributed by atoms with Crippen molar-refractivity contribution in [2.45, 2.75) is 44.3 Å². The second kappa shape index (κ2) is 4.70. The maximum absolute atomic E-state index is 11.5. The fourth-order valence-electron chi connectivity index (χ4n) is 2.87. The molecule has 4 rings (SSSR count). The van der Waals surface area contributed by atoms with Crippen LogP contribution in [0.2, 0.25) is 0 Å². The number of imidazole rings is 1. The zero-order chi connectivity index (χ0) is 14.4. The number of carboxylic acid groups (broad SMARTS) is 1. The summed E-state index contributed by atoms with van der Waals surface area (Å²) in [6.45, 7) is 1.02. The number of aromatic amines is 1. The number of H-pyrrole nitrogens is 1. The first-order valence-electron chi connectivity index (χ1n) is 7.14. The minimum absolute atomic E-state index is 0.418. The largest absolute Gasteiger partial charge is 0.480 e. The minimum atomic E-state index is -0.824. The molecule has 2 aromatic rings. The number of aliphatic carboxylic acids is 1. The molecule has 1 saturated carbocycles. The number of hydrogen-bond donors (Lipinski definition) is 2. The lowest BCUT2D eigenvalue weighted by Crippen LogP contribution is -2.45. The number of nitrogens with zero attached hydrogens (tertiary/aromatic N) is 3. The SMILES string of the molecule is O=C(O)C1Cc2nc[nH]c2CN1Cc1cc(C2CC2)on1. The van der Waals surface area contributed by atoms with E-state index in [1.807, 2.05) is 11.0 Å². The molecule has 0 radical (unpaired) electrons. The number of hydrogen-bond acceptors (Lipinski definition) is 5. The number of fused-ring (bicyclic) bond motifs is 1. The van der Waals surface area contributed by atoms with Crippen molar-refractivity contribution in [2.75, 3.05) is 0 Å². The van der Waals surface area contributed by atoms with Crippen LogP contribution in [0.15, 0.2) is 16.9 Å². The first kappa shape index (κ1) is 12.6. The van der Waals surface area contributed by atoms with Crippen LogP contribution < -0.4 is 0 Å². The van der Waals surface area contributed by atoms with Crippen LogP contribution in [0.5, 0.6) is 0 Å². The molecule has 1 atom stereocenters. The Morgan fingerprint density at radius 2 is 2.38 bits per heavy atom. The number of carboxylic acids is 1. The Morgan fingerprint density at radius 1 is 1.52 bits per heavy atom. The molecule has 1 aliphatic heterocycles. The highest BCUT2D eigenvalue weighted by atomic mass is 16.5. The van der Waals surface area contributed by atoms with Gasteiger partial charge in [-0.2, -0.15) is 0 Å². The molecule has 3 heterocycles. The van der Waals surface area contributed by atoms with Crippen LogP contribution in [0.1, 0.15) is 41.6 Å². The van der Waals surface area contributed by atoms with Gasteiger partial charge in [0.2, 0.25) is 0 Å². The van der Waals surface area contributed by atoms with Crippen LogP contribution in [-0.2, 0) is 24.3 Å². The third-order valence-corrected chi connectivity index (χ3v) is 4.20. The maximum Gasteiger partial charge on any atom is 0.321 e. The second-order valence-corrected chi connectivity index (χ2v) is 5.79. The molecule has 110 valence electrons. The normalized spacial score (nSPS) is 22.2. The van der Waals surface area contributed by atoms with Crippen molar-refractivity contribution in [3.05, 3.63) is 35.2 Å². The number of carbonyl (C=O) groups is 1. The molecule has 0 amide bonds. The van der Waals surface area contributed by atoms with Gasteiger partial charge in [0.1, 0.15) is 11.8 Å². The summed E-state index contributed by atoms with van der Waals surface area (Å²) in [5, 5.41) is 13.5. The third-order valence-electron chi connectivity index (χ3n) is 4.20. The number of rotatable bonds is 4. The van der Waals surface area contributed by atoms with Crippen molar-refractivity contribution >= 4 is 5.97 Å². The zero-order valence-corrected chi connectivity index (χ0v) is 11.5. The molecule has 2 aromatic heterocycles. The van der Waals surface area contributed by atoms with E-state index < -0.39 is 12.0 Å². The van der Waals surface area contributed by atoms with E-state index in [-0.39, 0.29) is 0 Å². The maximum atomic E-state index is 11.5. The van der Waals surface area contributed by atoms with Crippen molar-refractivity contribution < 1.29 is 14.4 Å². The molecule has 7 heteroatoms. The lowest BCUT2D eigenvalue weighted by Gasteiger charge is -2.31. The van der Waals surface area contributed by atoms with Crippen molar-refractivity contribution in [2.24, 2.45) is 0 Å². The van der Waals surface area contributed by atoms with Crippen molar-refractivity contribution in [3.63, 3.8) is 0 Å². The Morgan fingerprint density at radius 3 is 3.14 bits per heavy atom. The average molecular weight is 288 g/mol. The Bertz CT molecular complexity index is 673. The highest BCUT2D eigenvalue weighted by Gasteiger charge is 2.34. The van der Waals surface area contributed by atoms with E-state index in [0.717, 1.165) is 35.7 Å². The monoisotopic (exact) mass is 288 g/mol. The molecule has 1 aliphatic carbocycles. The van der Waals surface area contributed by atoms with Gasteiger partial charge in [-0.15, -0.1) is 0 Å². The van der Waals surface area contributed by atoms with Gasteiger partial charge in [-0.05, 0) is 12.8 Å². The van der Waals surface area contributed by atoms with Crippen molar-refractivity contribution in [1.29, 1.82) is 0 Å². The molecule has 21 heavy (non-hydrogen) atoms. The van der Waals surface area contributed by atoms with Crippen LogP contribution in [0.25, 0.3) is 0 Å². The van der Waals surface area contributed by atoms with Crippen molar-refractivity contribution in [3.8, 4) is 0 Å². The Balaban J connectivity index is 1.55. The summed E-state index contributed by atoms with van der Waals surface area (Å²) >= 11 is 0. The molecule has 0 saturated heterocycles. The summed E-state index contributed by atoms with van der Waals surface area (Å²) in [5.74, 6) is 0.618. The first-order chi connectivity index (χ1) is 10.2. The molecule has 1 unspecified atom stereocenters. The highest BCUT2D eigenvalue weighted by molar-refractivity contribution is 5.74. The van der Waals surface area contributed by atoms with Gasteiger partial charge in [-0.1, -0.05) is 5.16 Å². The summed E-state index contributed by atoms with van der Waals surface area (Å²) in [4.78, 5) is 20.7. The molecule has 0 bridgehead atoms. The molecule has 1 fully saturated rings. The number of nitrogens with one attached hydrogen (secondary N) is 1. The molecule has 0 spiro atoms. The number of aromatic nitrogens is 3. The van der Waals surface area contributed by atoms with Crippen molar-refractivity contribution in [1.82, 2.24) is 20.0 Å². The third kappa shape index (κ3) is 2.33. The predicted octanol–water partition coefficient (Wildman–Crippen LogP) is 1.29. The van der Waals surface area contributed by atoms with E-state index in [2.05, 4.69) is 15.1 Å². The zero-order valence-electron chi connectivity index (χ0n) is 11.5. The van der Waals surface area contributed by atoms with E-state index in [9.17, 15) is 9.90 Å². The fourth-order valence-corrected chi connectivity index (χ4v) is 2.87. The highest BCUT2D eigenvalue weighted by Crippen LogP contribution is 2.40. The standard InChI is InChI=1S/C14H16N4O3/c19-14(20)12-4-10-11(16-7-15-10)6-18(12)5-9-3-13(21-17-9)8-1-2-8/h3,7-8,12H,1-2,4-6H2,(H,15,16)(H,19,20). The van der Waals surface area contributed by atoms with E-state index in [1.165, 1.54) is 0 Å². The van der Waals surface area contributed by atoms with Gasteiger partial charge in [0.25, 0.3) is 0 Å². The Kier molecular flexibility index (Phi) is 2.81. The second-order valence-electron chi connectivity index (χ2n) is 5.79. The lowest BCUT2D eigenvalue weighted by atomic mass is 10.0. The summed E-state index contributed by atoms with van der Waals surface area (Å²) < 4.78 is 5.34. The fraction of sp³-hybridized carbons (Fsp3) is 0.500. The molecular weight excluding hydrogens is 272 g/mol. The Labute approximate surface area is 121 Å². The Hall–Kier alpha value is -2.15. The minimum Gasteiger partial charge on any atom is -0.480 e. The van der Waals surface area contributed by atoms with E-state index >= 15 is 0 Å². The van der Waals surface area contributed by atoms with Crippen LogP contribution in [0, 0.1) is 0 Å². The van der Waals surface area contributed by atoms with Gasteiger partial charge in [0.05, 0.1) is 23.4 Å². The summed E-state index contributed by atoms with van der Waals surface area (Å²) in [6, 6.07) is 1.39. The predicted molar refractivity (Wildman–Crippen MR) is 71.4 cm³/mol. The lowest BCUT2D eigenvalue weighted by molar-refractivity contribution is -0.144. The molecule has 2 N–H and O–H groups in total. The van der Waals surface area contributed by atoms with Gasteiger partial charge >= 0.3 is 5.97 Å². The van der Waals surface area contributed by atoms with Gasteiger partial charge in [0.15, 0.2) is 0 Å². The molecule has 0 aromatic carbocycles. The van der Waals surface area contributed by atoms with Gasteiger partial charge in [-0.3, -0.25) is 9.69 Å². The van der Waals surface area contributed by atoms with Crippen LogP contribution in [0.4, 0.5) is 0 Å². The topological polar surface area (TPSA) is 95.2 Å². The summed E-state index contributed by atoms with van der Waals surface area (Å²) in [6.07, 6.45) is 4.36. The van der Waals surface area contributed by atoms with Gasteiger partial charge in [0, 0.05) is 31.5 Å². The van der Waals surface area contributed by atoms with E-state index in [1.54, 1.807) is 6.33 Å². The smallest absolute Gasteiger partial charge is 0.321 e. The average Bonchev–Trinajstić information content (AvgIpc) is 3.03. The summed E-state index contributed by atoms with van der Waals surface area (Å²) in [5.41, 5.74) is 2.63.